The Kier molecular flexibility index (Phi) is 7.44. The molecule has 0 spiro atoms. The Morgan fingerprint density at radius 1 is 1.08 bits per heavy atom. The second-order valence-corrected chi connectivity index (χ2v) is 7.27. The van der Waals surface area contributed by atoms with Gasteiger partial charge in [0.1, 0.15) is 0 Å². The fourth-order valence-corrected chi connectivity index (χ4v) is 4.34. The monoisotopic (exact) mass is 396 g/mol. The number of hydrogen-bond acceptors (Lipinski definition) is 2. The first-order chi connectivity index (χ1) is 11.5. The second kappa shape index (κ2) is 8.94. The number of alkyl halides is 3. The zero-order valence-electron chi connectivity index (χ0n) is 14.1. The number of rotatable bonds is 3. The largest absolute Gasteiger partial charge is 0.416 e. The van der Waals surface area contributed by atoms with Crippen LogP contribution < -0.4 is 5.32 Å². The van der Waals surface area contributed by atoms with E-state index in [-0.39, 0.29) is 18.4 Å². The Morgan fingerprint density at radius 3 is 2.32 bits per heavy atom. The maximum Gasteiger partial charge on any atom is 0.416 e. The third kappa shape index (κ3) is 5.03. The van der Waals surface area contributed by atoms with Gasteiger partial charge in [0, 0.05) is 37.2 Å². The molecule has 1 atom stereocenters. The Bertz CT molecular complexity index is 536. The quantitative estimate of drug-likeness (QED) is 0.744. The minimum atomic E-state index is -4.33. The van der Waals surface area contributed by atoms with Crippen LogP contribution >= 0.6 is 24.0 Å². The maximum atomic E-state index is 13.2. The average Bonchev–Trinajstić information content (AvgIpc) is 2.58. The zero-order chi connectivity index (χ0) is 17.2. The number of nitrogens with one attached hydrogen (secondary N) is 1. The molecule has 25 heavy (non-hydrogen) atoms. The van der Waals surface area contributed by atoms with Gasteiger partial charge < -0.3 is 5.32 Å². The van der Waals surface area contributed by atoms with Crippen LogP contribution in [0.25, 0.3) is 0 Å². The molecular formula is C18H25Cl2F3N2. The predicted octanol–water partition coefficient (Wildman–Crippen LogP) is 5.31. The minimum Gasteiger partial charge on any atom is -0.314 e. The molecule has 1 aromatic carbocycles. The van der Waals surface area contributed by atoms with Gasteiger partial charge in [-0.25, -0.2) is 0 Å². The van der Waals surface area contributed by atoms with E-state index in [2.05, 4.69) is 10.2 Å². The van der Waals surface area contributed by atoms with Crippen molar-refractivity contribution in [3.05, 3.63) is 34.3 Å². The summed E-state index contributed by atoms with van der Waals surface area (Å²) < 4.78 is 39.5. The van der Waals surface area contributed by atoms with E-state index < -0.39 is 11.7 Å². The molecule has 1 aromatic rings. The topological polar surface area (TPSA) is 15.3 Å². The van der Waals surface area contributed by atoms with Crippen LogP contribution in [-0.2, 0) is 6.18 Å². The van der Waals surface area contributed by atoms with E-state index in [1.807, 2.05) is 0 Å². The Morgan fingerprint density at radius 2 is 1.72 bits per heavy atom. The first-order valence-corrected chi connectivity index (χ1v) is 9.16. The molecular weight excluding hydrogens is 372 g/mol. The summed E-state index contributed by atoms with van der Waals surface area (Å²) in [4.78, 5) is 2.33. The summed E-state index contributed by atoms with van der Waals surface area (Å²) in [6, 6.07) is 3.77. The van der Waals surface area contributed by atoms with Crippen LogP contribution in [-0.4, -0.2) is 31.1 Å². The molecule has 1 saturated heterocycles. The minimum absolute atomic E-state index is 0. The van der Waals surface area contributed by atoms with Crippen LogP contribution in [0.15, 0.2) is 18.2 Å². The summed E-state index contributed by atoms with van der Waals surface area (Å²) in [5.41, 5.74) is 0.0538. The first-order valence-electron chi connectivity index (χ1n) is 8.78. The highest BCUT2D eigenvalue weighted by Gasteiger charge is 2.35. The Hall–Kier alpha value is -0.490. The normalized spacial score (nSPS) is 21.6. The molecule has 1 N–H and O–H groups in total. The predicted molar refractivity (Wildman–Crippen MR) is 97.5 cm³/mol. The van der Waals surface area contributed by atoms with Gasteiger partial charge in [0.05, 0.1) is 5.56 Å². The molecule has 1 heterocycles. The highest BCUT2D eigenvalue weighted by Crippen LogP contribution is 2.42. The molecule has 0 radical (unpaired) electrons. The van der Waals surface area contributed by atoms with Crippen molar-refractivity contribution < 1.29 is 13.2 Å². The standard InChI is InChI=1S/C18H24ClF3N2.ClH/c19-16-7-6-14(18(20,21)22)12-15(16)17(13-4-2-1-3-5-13)24-10-8-23-9-11-24;/h6-7,12-13,17,23H,1-5,8-11H2;1H/t17-;/m0./s1. The molecule has 0 aromatic heterocycles. The van der Waals surface area contributed by atoms with Gasteiger partial charge in [-0.2, -0.15) is 13.2 Å². The number of piperazine rings is 1. The molecule has 0 amide bonds. The molecule has 0 unspecified atom stereocenters. The van der Waals surface area contributed by atoms with E-state index in [1.165, 1.54) is 18.6 Å². The second-order valence-electron chi connectivity index (χ2n) is 6.86. The lowest BCUT2D eigenvalue weighted by molar-refractivity contribution is -0.137. The van der Waals surface area contributed by atoms with Crippen molar-refractivity contribution in [3.63, 3.8) is 0 Å². The van der Waals surface area contributed by atoms with Gasteiger partial charge in [-0.05, 0) is 42.5 Å². The summed E-state index contributed by atoms with van der Waals surface area (Å²) in [7, 11) is 0. The lowest BCUT2D eigenvalue weighted by atomic mass is 9.79. The van der Waals surface area contributed by atoms with E-state index >= 15 is 0 Å². The number of halogens is 5. The molecule has 7 heteroatoms. The summed E-state index contributed by atoms with van der Waals surface area (Å²) in [6.45, 7) is 3.46. The zero-order valence-corrected chi connectivity index (χ0v) is 15.7. The summed E-state index contributed by atoms with van der Waals surface area (Å²) in [6.07, 6.45) is 1.34. The van der Waals surface area contributed by atoms with Crippen molar-refractivity contribution in [1.29, 1.82) is 0 Å². The van der Waals surface area contributed by atoms with Crippen molar-refractivity contribution in [2.45, 2.75) is 44.3 Å². The fourth-order valence-electron chi connectivity index (χ4n) is 4.11. The highest BCUT2D eigenvalue weighted by atomic mass is 35.5. The fraction of sp³-hybridized carbons (Fsp3) is 0.667. The van der Waals surface area contributed by atoms with Crippen molar-refractivity contribution in [2.75, 3.05) is 26.2 Å². The molecule has 0 bridgehead atoms. The summed E-state index contributed by atoms with van der Waals surface area (Å²) in [5.74, 6) is 0.387. The van der Waals surface area contributed by atoms with Gasteiger partial charge in [-0.1, -0.05) is 30.9 Å². The molecule has 1 aliphatic heterocycles. The Balaban J connectivity index is 0.00000225. The van der Waals surface area contributed by atoms with Gasteiger partial charge in [0.2, 0.25) is 0 Å². The smallest absolute Gasteiger partial charge is 0.314 e. The van der Waals surface area contributed by atoms with Crippen molar-refractivity contribution in [3.8, 4) is 0 Å². The molecule has 2 nitrogen and oxygen atoms in total. The van der Waals surface area contributed by atoms with Crippen LogP contribution in [0.4, 0.5) is 13.2 Å². The van der Waals surface area contributed by atoms with E-state index in [4.69, 9.17) is 11.6 Å². The van der Waals surface area contributed by atoms with Crippen molar-refractivity contribution in [2.24, 2.45) is 5.92 Å². The number of nitrogens with zero attached hydrogens (tertiary/aromatic N) is 1. The van der Waals surface area contributed by atoms with Gasteiger partial charge in [0.25, 0.3) is 0 Å². The lowest BCUT2D eigenvalue weighted by Gasteiger charge is -2.41. The third-order valence-corrected chi connectivity index (χ3v) is 5.63. The van der Waals surface area contributed by atoms with E-state index in [9.17, 15) is 13.2 Å². The maximum absolute atomic E-state index is 13.2. The van der Waals surface area contributed by atoms with Crippen molar-refractivity contribution in [1.82, 2.24) is 10.2 Å². The van der Waals surface area contributed by atoms with E-state index in [0.29, 0.717) is 16.5 Å². The van der Waals surface area contributed by atoms with Crippen LogP contribution in [0.2, 0.25) is 5.02 Å². The Labute approximate surface area is 158 Å². The number of benzene rings is 1. The summed E-state index contributed by atoms with van der Waals surface area (Å²) in [5, 5.41) is 3.78. The van der Waals surface area contributed by atoms with E-state index in [1.54, 1.807) is 0 Å². The molecule has 3 rings (SSSR count). The van der Waals surface area contributed by atoms with Crippen LogP contribution in [0.3, 0.4) is 0 Å². The molecule has 1 aliphatic carbocycles. The van der Waals surface area contributed by atoms with Crippen LogP contribution in [0, 0.1) is 5.92 Å². The van der Waals surface area contributed by atoms with Gasteiger partial charge in [-0.15, -0.1) is 12.4 Å². The average molecular weight is 397 g/mol. The van der Waals surface area contributed by atoms with E-state index in [0.717, 1.165) is 57.9 Å². The van der Waals surface area contributed by atoms with Gasteiger partial charge in [0.15, 0.2) is 0 Å². The molecule has 1 saturated carbocycles. The van der Waals surface area contributed by atoms with Gasteiger partial charge in [-0.3, -0.25) is 4.90 Å². The first kappa shape index (κ1) is 20.8. The van der Waals surface area contributed by atoms with Crippen LogP contribution in [0.1, 0.15) is 49.3 Å². The number of hydrogen-bond donors (Lipinski definition) is 1. The molecule has 2 fully saturated rings. The summed E-state index contributed by atoms with van der Waals surface area (Å²) >= 11 is 6.37. The third-order valence-electron chi connectivity index (χ3n) is 5.28. The van der Waals surface area contributed by atoms with Gasteiger partial charge >= 0.3 is 6.18 Å². The molecule has 2 aliphatic rings. The van der Waals surface area contributed by atoms with Crippen molar-refractivity contribution >= 4 is 24.0 Å². The lowest BCUT2D eigenvalue weighted by Crippen LogP contribution is -2.47. The van der Waals surface area contributed by atoms with Crippen LogP contribution in [0.5, 0.6) is 0 Å². The molecule has 142 valence electrons. The highest BCUT2D eigenvalue weighted by molar-refractivity contribution is 6.31. The SMILES string of the molecule is Cl.FC(F)(F)c1ccc(Cl)c([C@H](C2CCCCC2)N2CCNCC2)c1.